The molecule has 0 saturated carbocycles. The molecule has 1 aromatic carbocycles. The number of aromatic nitrogens is 2. The van der Waals surface area contributed by atoms with Gasteiger partial charge in [0, 0.05) is 25.8 Å². The Morgan fingerprint density at radius 3 is 2.85 bits per heavy atom. The second-order valence-corrected chi connectivity index (χ2v) is 6.87. The van der Waals surface area contributed by atoms with Crippen LogP contribution in [0.1, 0.15) is 46.8 Å². The molecule has 4 rings (SSSR count). The molecule has 1 fully saturated rings. The molecule has 0 radical (unpaired) electrons. The summed E-state index contributed by atoms with van der Waals surface area (Å²) in [5.74, 6) is 1.64. The summed E-state index contributed by atoms with van der Waals surface area (Å²) in [5, 5.41) is 3.25. The lowest BCUT2D eigenvalue weighted by Gasteiger charge is -2.23. The van der Waals surface area contributed by atoms with Crippen molar-refractivity contribution in [3.05, 3.63) is 47.3 Å². The predicted octanol–water partition coefficient (Wildman–Crippen LogP) is 2.99. The quantitative estimate of drug-likeness (QED) is 0.891. The Bertz CT molecular complexity index is 785. The molecule has 26 heavy (non-hydrogen) atoms. The number of methoxy groups -OCH3 is 1. The van der Waals surface area contributed by atoms with Crippen LogP contribution in [0, 0.1) is 0 Å². The molecular formula is C20H23N3O3. The van der Waals surface area contributed by atoms with Gasteiger partial charge in [-0.15, -0.1) is 0 Å². The highest BCUT2D eigenvalue weighted by molar-refractivity contribution is 5.98. The van der Waals surface area contributed by atoms with Gasteiger partial charge in [-0.2, -0.15) is 0 Å². The molecule has 2 atom stereocenters. The van der Waals surface area contributed by atoms with Gasteiger partial charge < -0.3 is 14.8 Å². The van der Waals surface area contributed by atoms with Crippen LogP contribution in [-0.4, -0.2) is 42.1 Å². The van der Waals surface area contributed by atoms with Gasteiger partial charge in [0.2, 0.25) is 5.95 Å². The van der Waals surface area contributed by atoms with Gasteiger partial charge in [0.15, 0.2) is 5.78 Å². The highest BCUT2D eigenvalue weighted by Gasteiger charge is 2.28. The van der Waals surface area contributed by atoms with Crippen LogP contribution in [0.3, 0.4) is 0 Å². The van der Waals surface area contributed by atoms with Crippen LogP contribution >= 0.6 is 0 Å². The Labute approximate surface area is 153 Å². The van der Waals surface area contributed by atoms with E-state index in [4.69, 9.17) is 9.47 Å². The van der Waals surface area contributed by atoms with E-state index in [0.29, 0.717) is 24.5 Å². The number of carbonyl (C=O) groups is 1. The third-order valence-corrected chi connectivity index (χ3v) is 5.14. The highest BCUT2D eigenvalue weighted by atomic mass is 16.5. The summed E-state index contributed by atoms with van der Waals surface area (Å²) in [7, 11) is 1.65. The molecule has 1 aliphatic heterocycles. The van der Waals surface area contributed by atoms with E-state index < -0.39 is 0 Å². The number of ketones is 1. The fourth-order valence-electron chi connectivity index (χ4n) is 3.65. The van der Waals surface area contributed by atoms with Gasteiger partial charge in [-0.3, -0.25) is 4.79 Å². The Hall–Kier alpha value is -2.47. The van der Waals surface area contributed by atoms with Gasteiger partial charge in [-0.05, 0) is 42.9 Å². The maximum Gasteiger partial charge on any atom is 0.222 e. The maximum atomic E-state index is 12.5. The van der Waals surface area contributed by atoms with Gasteiger partial charge in [0.25, 0.3) is 0 Å². The van der Waals surface area contributed by atoms with Crippen molar-refractivity contribution in [1.29, 1.82) is 0 Å². The van der Waals surface area contributed by atoms with Crippen LogP contribution in [0.2, 0.25) is 0 Å². The number of nitrogens with one attached hydrogen (secondary N) is 1. The molecule has 0 spiro atoms. The molecule has 1 aliphatic carbocycles. The van der Waals surface area contributed by atoms with Crippen molar-refractivity contribution in [3.63, 3.8) is 0 Å². The molecule has 1 aromatic heterocycles. The summed E-state index contributed by atoms with van der Waals surface area (Å²) in [5.41, 5.74) is 2.61. The van der Waals surface area contributed by atoms with Crippen molar-refractivity contribution in [2.45, 2.75) is 37.7 Å². The molecule has 2 aromatic rings. The smallest absolute Gasteiger partial charge is 0.222 e. The van der Waals surface area contributed by atoms with Crippen LogP contribution in [0.15, 0.2) is 30.5 Å². The van der Waals surface area contributed by atoms with Crippen LogP contribution in [0.5, 0.6) is 5.75 Å². The average molecular weight is 353 g/mol. The van der Waals surface area contributed by atoms with Crippen molar-refractivity contribution < 1.29 is 14.3 Å². The van der Waals surface area contributed by atoms with Gasteiger partial charge in [-0.25, -0.2) is 9.97 Å². The monoisotopic (exact) mass is 353 g/mol. The molecule has 2 heterocycles. The van der Waals surface area contributed by atoms with Gasteiger partial charge in [0.05, 0.1) is 24.5 Å². The first-order valence-electron chi connectivity index (χ1n) is 9.11. The van der Waals surface area contributed by atoms with Gasteiger partial charge >= 0.3 is 0 Å². The van der Waals surface area contributed by atoms with Gasteiger partial charge in [-0.1, -0.05) is 12.1 Å². The zero-order chi connectivity index (χ0) is 17.9. The number of anilines is 1. The molecule has 136 valence electrons. The van der Waals surface area contributed by atoms with Gasteiger partial charge in [0.1, 0.15) is 5.75 Å². The number of benzene rings is 1. The van der Waals surface area contributed by atoms with E-state index in [1.54, 1.807) is 13.3 Å². The number of nitrogens with zero attached hydrogens (tertiary/aromatic N) is 2. The minimum atomic E-state index is 0.109. The number of hydrogen-bond acceptors (Lipinski definition) is 6. The summed E-state index contributed by atoms with van der Waals surface area (Å²) in [6, 6.07) is 7.92. The minimum absolute atomic E-state index is 0.109. The zero-order valence-corrected chi connectivity index (χ0v) is 14.9. The molecule has 0 bridgehead atoms. The third-order valence-electron chi connectivity index (χ3n) is 5.14. The first-order chi connectivity index (χ1) is 12.7. The Balaban J connectivity index is 1.49. The zero-order valence-electron chi connectivity index (χ0n) is 14.9. The van der Waals surface area contributed by atoms with Crippen molar-refractivity contribution >= 4 is 11.7 Å². The van der Waals surface area contributed by atoms with E-state index in [-0.39, 0.29) is 17.8 Å². The first kappa shape index (κ1) is 17.0. The third kappa shape index (κ3) is 3.55. The van der Waals surface area contributed by atoms with E-state index in [0.717, 1.165) is 42.9 Å². The van der Waals surface area contributed by atoms with Crippen molar-refractivity contribution in [1.82, 2.24) is 9.97 Å². The highest BCUT2D eigenvalue weighted by Crippen LogP contribution is 2.32. The molecule has 6 heteroatoms. The Morgan fingerprint density at radius 2 is 2.12 bits per heavy atom. The second-order valence-electron chi connectivity index (χ2n) is 6.87. The molecule has 1 N–H and O–H groups in total. The van der Waals surface area contributed by atoms with Crippen molar-refractivity contribution in [2.24, 2.45) is 0 Å². The fraction of sp³-hybridized carbons (Fsp3) is 0.450. The topological polar surface area (TPSA) is 73.3 Å². The molecule has 2 aliphatic rings. The number of fused-ring (bicyclic) bond motifs is 1. The summed E-state index contributed by atoms with van der Waals surface area (Å²) in [6.07, 6.45) is 5.29. The molecular weight excluding hydrogens is 330 g/mol. The molecule has 0 amide bonds. The SMILES string of the molecule is COc1ccc([C@@H]2CC(=O)c3cnc(NC[C@H]4CCCO4)nc3C2)cc1. The number of hydrogen-bond donors (Lipinski definition) is 1. The number of rotatable bonds is 5. The fourth-order valence-corrected chi connectivity index (χ4v) is 3.65. The lowest BCUT2D eigenvalue weighted by Crippen LogP contribution is -2.23. The van der Waals surface area contributed by atoms with E-state index in [1.807, 2.05) is 24.3 Å². The first-order valence-corrected chi connectivity index (χ1v) is 9.11. The van der Waals surface area contributed by atoms with E-state index in [1.165, 1.54) is 0 Å². The molecule has 0 unspecified atom stereocenters. The second kappa shape index (κ2) is 7.41. The summed E-state index contributed by atoms with van der Waals surface area (Å²) >= 11 is 0. The van der Waals surface area contributed by atoms with Crippen LogP contribution in [0.25, 0.3) is 0 Å². The van der Waals surface area contributed by atoms with Crippen LogP contribution in [0.4, 0.5) is 5.95 Å². The number of Topliss-reactive ketones (excluding diaryl/α,β-unsaturated/α-hetero) is 1. The summed E-state index contributed by atoms with van der Waals surface area (Å²) in [4.78, 5) is 21.4. The maximum absolute atomic E-state index is 12.5. The van der Waals surface area contributed by atoms with E-state index >= 15 is 0 Å². The van der Waals surface area contributed by atoms with E-state index in [2.05, 4.69) is 15.3 Å². The van der Waals surface area contributed by atoms with Crippen LogP contribution in [-0.2, 0) is 11.2 Å². The molecule has 1 saturated heterocycles. The van der Waals surface area contributed by atoms with Crippen molar-refractivity contribution in [3.8, 4) is 5.75 Å². The summed E-state index contributed by atoms with van der Waals surface area (Å²) in [6.45, 7) is 1.53. The normalized spacial score (nSPS) is 22.1. The lowest BCUT2D eigenvalue weighted by molar-refractivity contribution is 0.0962. The number of carbonyl (C=O) groups excluding carboxylic acids is 1. The standard InChI is InChI=1S/C20H23N3O3/c1-25-15-6-4-13(5-7-15)14-9-18-17(19(24)10-14)12-22-20(23-18)21-11-16-3-2-8-26-16/h4-7,12,14,16H,2-3,8-11H2,1H3,(H,21,22,23)/t14-,16+/m0/s1. The molecule has 6 nitrogen and oxygen atoms in total. The lowest BCUT2D eigenvalue weighted by atomic mass is 9.82. The number of ether oxygens (including phenoxy) is 2. The van der Waals surface area contributed by atoms with Crippen LogP contribution < -0.4 is 10.1 Å². The minimum Gasteiger partial charge on any atom is -0.497 e. The Kier molecular flexibility index (Phi) is 4.84. The Morgan fingerprint density at radius 1 is 1.27 bits per heavy atom. The van der Waals surface area contributed by atoms with Crippen molar-refractivity contribution in [2.75, 3.05) is 25.6 Å². The van der Waals surface area contributed by atoms with E-state index in [9.17, 15) is 4.79 Å². The summed E-state index contributed by atoms with van der Waals surface area (Å²) < 4.78 is 10.8. The largest absolute Gasteiger partial charge is 0.497 e. The predicted molar refractivity (Wildman–Crippen MR) is 97.9 cm³/mol. The average Bonchev–Trinajstić information content (AvgIpc) is 3.20.